The number of rotatable bonds is 7. The number of esters is 1. The lowest BCUT2D eigenvalue weighted by Gasteiger charge is -2.03. The second-order valence-electron chi connectivity index (χ2n) is 5.41. The Kier molecular flexibility index (Phi) is 4.78. The Hall–Kier alpha value is -3.50. The molecule has 0 aliphatic heterocycles. The summed E-state index contributed by atoms with van der Waals surface area (Å²) in [5, 5.41) is 18.1. The summed E-state index contributed by atoms with van der Waals surface area (Å²) >= 11 is 0. The van der Waals surface area contributed by atoms with Crippen molar-refractivity contribution < 1.29 is 23.3 Å². The van der Waals surface area contributed by atoms with Crippen LogP contribution in [0.25, 0.3) is 11.1 Å². The number of benzene rings is 1. The van der Waals surface area contributed by atoms with Gasteiger partial charge in [-0.1, -0.05) is 0 Å². The van der Waals surface area contributed by atoms with Crippen molar-refractivity contribution in [2.75, 3.05) is 0 Å². The van der Waals surface area contributed by atoms with Gasteiger partial charge in [-0.25, -0.2) is 4.79 Å². The highest BCUT2D eigenvalue weighted by atomic mass is 16.6. The van der Waals surface area contributed by atoms with Gasteiger partial charge in [0.25, 0.3) is 11.6 Å². The molecule has 0 amide bonds. The molecule has 3 aromatic rings. The second-order valence-corrected chi connectivity index (χ2v) is 5.41. The van der Waals surface area contributed by atoms with E-state index in [1.165, 1.54) is 22.8 Å². The summed E-state index contributed by atoms with van der Waals surface area (Å²) in [5.41, 5.74) is 0.382. The van der Waals surface area contributed by atoms with Crippen LogP contribution in [0.5, 0.6) is 0 Å². The molecule has 0 radical (unpaired) electrons. The minimum atomic E-state index is -0.643. The van der Waals surface area contributed by atoms with Crippen molar-refractivity contribution in [1.29, 1.82) is 0 Å². The number of hydrogen-bond donors (Lipinski definition) is 0. The van der Waals surface area contributed by atoms with Gasteiger partial charge >= 0.3 is 11.7 Å². The highest BCUT2D eigenvalue weighted by Gasteiger charge is 2.14. The van der Waals surface area contributed by atoms with Crippen LogP contribution in [-0.2, 0) is 22.7 Å². The molecule has 1 aromatic carbocycles. The maximum atomic E-state index is 11.9. The molecule has 2 aromatic heterocycles. The first-order valence-corrected chi connectivity index (χ1v) is 7.66. The maximum Gasteiger partial charge on any atom is 0.419 e. The molecule has 0 saturated carbocycles. The molecule has 11 heteroatoms. The highest BCUT2D eigenvalue weighted by Crippen LogP contribution is 2.20. The Labute approximate surface area is 145 Å². The number of ether oxygens (including phenoxy) is 1. The largest absolute Gasteiger partial charge is 0.456 e. The van der Waals surface area contributed by atoms with Crippen LogP contribution in [0.15, 0.2) is 31.8 Å². The predicted molar refractivity (Wildman–Crippen MR) is 85.2 cm³/mol. The van der Waals surface area contributed by atoms with Gasteiger partial charge in [0.2, 0.25) is 5.89 Å². The van der Waals surface area contributed by atoms with Gasteiger partial charge in [-0.05, 0) is 12.5 Å². The molecule has 0 atom stereocenters. The first-order chi connectivity index (χ1) is 12.4. The van der Waals surface area contributed by atoms with Crippen molar-refractivity contribution in [3.63, 3.8) is 0 Å². The molecule has 0 saturated heterocycles. The SMILES string of the molecule is Cc1nnc(COC(=O)CCCn2c(=O)oc3cc([N+](=O)[O-])ccc32)o1. The Morgan fingerprint density at radius 2 is 2.15 bits per heavy atom. The lowest BCUT2D eigenvalue weighted by Crippen LogP contribution is -2.15. The Morgan fingerprint density at radius 3 is 2.85 bits per heavy atom. The van der Waals surface area contributed by atoms with Gasteiger partial charge in [0.1, 0.15) is 0 Å². The normalized spacial score (nSPS) is 11.0. The van der Waals surface area contributed by atoms with E-state index in [9.17, 15) is 19.7 Å². The summed E-state index contributed by atoms with van der Waals surface area (Å²) in [5.74, 6) is -0.537. The quantitative estimate of drug-likeness (QED) is 0.348. The Bertz CT molecular complexity index is 1020. The molecular formula is C15H14N4O7. The number of aromatic nitrogens is 3. The molecule has 0 unspecified atom stereocenters. The number of carbonyl (C=O) groups excluding carboxylic acids is 1. The van der Waals surface area contributed by atoms with Crippen molar-refractivity contribution in [2.45, 2.75) is 32.9 Å². The third-order valence-corrected chi connectivity index (χ3v) is 3.55. The number of carbonyl (C=O) groups is 1. The van der Waals surface area contributed by atoms with Crippen molar-refractivity contribution in [3.05, 3.63) is 50.6 Å². The zero-order chi connectivity index (χ0) is 18.7. The molecule has 26 heavy (non-hydrogen) atoms. The van der Waals surface area contributed by atoms with E-state index >= 15 is 0 Å². The maximum absolute atomic E-state index is 11.9. The minimum Gasteiger partial charge on any atom is -0.456 e. The predicted octanol–water partition coefficient (Wildman–Crippen LogP) is 1.72. The van der Waals surface area contributed by atoms with E-state index in [4.69, 9.17) is 13.6 Å². The van der Waals surface area contributed by atoms with Gasteiger partial charge in [0.15, 0.2) is 12.2 Å². The van der Waals surface area contributed by atoms with E-state index in [-0.39, 0.29) is 36.7 Å². The summed E-state index contributed by atoms with van der Waals surface area (Å²) in [6.07, 6.45) is 0.395. The summed E-state index contributed by atoms with van der Waals surface area (Å²) in [7, 11) is 0. The zero-order valence-corrected chi connectivity index (χ0v) is 13.7. The average molecular weight is 362 g/mol. The van der Waals surface area contributed by atoms with E-state index in [1.807, 2.05) is 0 Å². The van der Waals surface area contributed by atoms with Gasteiger partial charge in [-0.2, -0.15) is 0 Å². The molecule has 0 bridgehead atoms. The molecule has 3 rings (SSSR count). The number of nitrogens with zero attached hydrogens (tertiary/aromatic N) is 4. The highest BCUT2D eigenvalue weighted by molar-refractivity contribution is 5.75. The monoisotopic (exact) mass is 362 g/mol. The van der Waals surface area contributed by atoms with E-state index in [0.29, 0.717) is 17.8 Å². The summed E-state index contributed by atoms with van der Waals surface area (Å²) < 4.78 is 16.4. The smallest absolute Gasteiger partial charge is 0.419 e. The Balaban J connectivity index is 1.57. The fourth-order valence-corrected chi connectivity index (χ4v) is 2.37. The van der Waals surface area contributed by atoms with Gasteiger partial charge in [0.05, 0.1) is 16.5 Å². The number of nitro benzene ring substituents is 1. The number of aryl methyl sites for hydroxylation is 2. The van der Waals surface area contributed by atoms with Gasteiger partial charge < -0.3 is 13.6 Å². The minimum absolute atomic E-state index is 0.0687. The van der Waals surface area contributed by atoms with Crippen LogP contribution in [0.3, 0.4) is 0 Å². The van der Waals surface area contributed by atoms with Crippen LogP contribution in [0.2, 0.25) is 0 Å². The molecular weight excluding hydrogens is 348 g/mol. The van der Waals surface area contributed by atoms with Gasteiger partial charge in [0, 0.05) is 26.0 Å². The van der Waals surface area contributed by atoms with Crippen LogP contribution in [0.4, 0.5) is 5.69 Å². The topological polar surface area (TPSA) is 144 Å². The fraction of sp³-hybridized carbons (Fsp3) is 0.333. The van der Waals surface area contributed by atoms with Crippen LogP contribution >= 0.6 is 0 Å². The number of non-ortho nitro benzene ring substituents is 1. The molecule has 136 valence electrons. The number of hydrogen-bond acceptors (Lipinski definition) is 9. The lowest BCUT2D eigenvalue weighted by molar-refractivity contribution is -0.384. The first-order valence-electron chi connectivity index (χ1n) is 7.66. The van der Waals surface area contributed by atoms with Crippen molar-refractivity contribution in [3.8, 4) is 0 Å². The second kappa shape index (κ2) is 7.17. The van der Waals surface area contributed by atoms with E-state index in [2.05, 4.69) is 10.2 Å². The number of nitro groups is 1. The van der Waals surface area contributed by atoms with Gasteiger partial charge in [-0.3, -0.25) is 19.5 Å². The van der Waals surface area contributed by atoms with Gasteiger partial charge in [-0.15, -0.1) is 10.2 Å². The molecule has 0 aliphatic carbocycles. The van der Waals surface area contributed by atoms with E-state index < -0.39 is 16.6 Å². The van der Waals surface area contributed by atoms with Crippen LogP contribution in [0.1, 0.15) is 24.6 Å². The van der Waals surface area contributed by atoms with Crippen LogP contribution in [0, 0.1) is 17.0 Å². The fourth-order valence-electron chi connectivity index (χ4n) is 2.37. The third-order valence-electron chi connectivity index (χ3n) is 3.55. The molecule has 0 spiro atoms. The third kappa shape index (κ3) is 3.77. The molecule has 2 heterocycles. The van der Waals surface area contributed by atoms with E-state index in [0.717, 1.165) is 0 Å². The van der Waals surface area contributed by atoms with Crippen molar-refractivity contribution in [1.82, 2.24) is 14.8 Å². The van der Waals surface area contributed by atoms with Crippen molar-refractivity contribution in [2.24, 2.45) is 0 Å². The average Bonchev–Trinajstić information content (AvgIpc) is 3.15. The zero-order valence-electron chi connectivity index (χ0n) is 13.7. The Morgan fingerprint density at radius 1 is 1.35 bits per heavy atom. The van der Waals surface area contributed by atoms with Crippen molar-refractivity contribution >= 4 is 22.8 Å². The molecule has 11 nitrogen and oxygen atoms in total. The first kappa shape index (κ1) is 17.3. The number of oxazole rings is 1. The molecule has 0 aliphatic rings. The summed E-state index contributed by atoms with van der Waals surface area (Å²) in [6.45, 7) is 1.72. The van der Waals surface area contributed by atoms with Crippen LogP contribution < -0.4 is 5.76 Å². The number of fused-ring (bicyclic) bond motifs is 1. The molecule has 0 fully saturated rings. The van der Waals surface area contributed by atoms with E-state index in [1.54, 1.807) is 6.92 Å². The van der Waals surface area contributed by atoms with Crippen LogP contribution in [-0.4, -0.2) is 25.7 Å². The summed E-state index contributed by atoms with van der Waals surface area (Å²) in [4.78, 5) is 33.8. The lowest BCUT2D eigenvalue weighted by atomic mass is 10.2. The molecule has 0 N–H and O–H groups in total. The summed E-state index contributed by atoms with van der Waals surface area (Å²) in [6, 6.07) is 3.91. The standard InChI is InChI=1S/C15H14N4O7/c1-9-16-17-13(25-9)8-24-14(20)3-2-6-18-11-5-4-10(19(22)23)7-12(11)26-15(18)21/h4-5,7H,2-3,6,8H2,1H3.